The summed E-state index contributed by atoms with van der Waals surface area (Å²) in [5.41, 5.74) is 1.52. The van der Waals surface area contributed by atoms with E-state index in [0.717, 1.165) is 0 Å². The summed E-state index contributed by atoms with van der Waals surface area (Å²) in [6.45, 7) is 4.06. The van der Waals surface area contributed by atoms with Crippen LogP contribution in [0, 0.1) is 24.2 Å². The largest absolute Gasteiger partial charge is 0.345 e. The SMILES string of the molecule is C#CCNC(=O)C(CC(=O)NO)CC(C)C. The molecule has 5 heteroatoms. The summed E-state index contributed by atoms with van der Waals surface area (Å²) in [6.07, 6.45) is 5.56. The van der Waals surface area contributed by atoms with Crippen LogP contribution in [0.25, 0.3) is 0 Å². The normalized spacial score (nSPS) is 11.7. The summed E-state index contributed by atoms with van der Waals surface area (Å²) >= 11 is 0. The van der Waals surface area contributed by atoms with Crippen LogP contribution in [-0.4, -0.2) is 23.6 Å². The Morgan fingerprint density at radius 2 is 2.06 bits per heavy atom. The van der Waals surface area contributed by atoms with Crippen molar-refractivity contribution in [1.29, 1.82) is 0 Å². The van der Waals surface area contributed by atoms with Crippen molar-refractivity contribution >= 4 is 11.8 Å². The maximum absolute atomic E-state index is 11.6. The second kappa shape index (κ2) is 7.71. The van der Waals surface area contributed by atoms with Gasteiger partial charge in [0.2, 0.25) is 11.8 Å². The zero-order valence-corrected chi connectivity index (χ0v) is 9.62. The summed E-state index contributed by atoms with van der Waals surface area (Å²) in [5.74, 6) is 1.30. The molecule has 0 aliphatic heterocycles. The molecule has 5 nitrogen and oxygen atoms in total. The molecule has 0 aliphatic carbocycles. The van der Waals surface area contributed by atoms with Gasteiger partial charge in [0.05, 0.1) is 6.54 Å². The molecule has 0 bridgehead atoms. The van der Waals surface area contributed by atoms with Gasteiger partial charge in [0.1, 0.15) is 0 Å². The van der Waals surface area contributed by atoms with Crippen LogP contribution in [0.2, 0.25) is 0 Å². The molecule has 1 unspecified atom stereocenters. The molecule has 90 valence electrons. The van der Waals surface area contributed by atoms with Gasteiger partial charge < -0.3 is 5.32 Å². The highest BCUT2D eigenvalue weighted by atomic mass is 16.5. The average Bonchev–Trinajstić information content (AvgIpc) is 2.24. The first-order valence-electron chi connectivity index (χ1n) is 5.15. The number of hydroxylamine groups is 1. The van der Waals surface area contributed by atoms with E-state index in [2.05, 4.69) is 11.2 Å². The van der Waals surface area contributed by atoms with Crippen molar-refractivity contribution in [2.45, 2.75) is 26.7 Å². The molecule has 0 radical (unpaired) electrons. The lowest BCUT2D eigenvalue weighted by Crippen LogP contribution is -2.35. The van der Waals surface area contributed by atoms with Crippen molar-refractivity contribution in [3.05, 3.63) is 0 Å². The quantitative estimate of drug-likeness (QED) is 0.346. The van der Waals surface area contributed by atoms with E-state index in [0.29, 0.717) is 6.42 Å². The summed E-state index contributed by atoms with van der Waals surface area (Å²) in [7, 11) is 0. The van der Waals surface area contributed by atoms with Crippen LogP contribution in [0.15, 0.2) is 0 Å². The minimum atomic E-state index is -0.568. The van der Waals surface area contributed by atoms with Crippen LogP contribution in [-0.2, 0) is 9.59 Å². The van der Waals surface area contributed by atoms with Crippen molar-refractivity contribution in [2.24, 2.45) is 11.8 Å². The molecule has 3 N–H and O–H groups in total. The van der Waals surface area contributed by atoms with Gasteiger partial charge in [0, 0.05) is 12.3 Å². The number of hydrogen-bond acceptors (Lipinski definition) is 3. The molecule has 0 aromatic rings. The van der Waals surface area contributed by atoms with E-state index in [4.69, 9.17) is 11.6 Å². The first-order valence-corrected chi connectivity index (χ1v) is 5.15. The lowest BCUT2D eigenvalue weighted by molar-refractivity contribution is -0.135. The third kappa shape index (κ3) is 6.04. The number of carbonyl (C=O) groups is 2. The summed E-state index contributed by atoms with van der Waals surface area (Å²) in [6, 6.07) is 0. The zero-order chi connectivity index (χ0) is 12.6. The minimum absolute atomic E-state index is 0.0366. The molecule has 0 fully saturated rings. The molecule has 1 atom stereocenters. The van der Waals surface area contributed by atoms with Crippen molar-refractivity contribution in [3.63, 3.8) is 0 Å². The molecular weight excluding hydrogens is 208 g/mol. The summed E-state index contributed by atoms with van der Waals surface area (Å²) < 4.78 is 0. The van der Waals surface area contributed by atoms with Crippen molar-refractivity contribution in [3.8, 4) is 12.3 Å². The van der Waals surface area contributed by atoms with Crippen LogP contribution in [0.3, 0.4) is 0 Å². The fraction of sp³-hybridized carbons (Fsp3) is 0.636. The van der Waals surface area contributed by atoms with Gasteiger partial charge in [-0.05, 0) is 12.3 Å². The molecule has 0 spiro atoms. The highest BCUT2D eigenvalue weighted by Gasteiger charge is 2.22. The average molecular weight is 226 g/mol. The molecule has 2 amide bonds. The van der Waals surface area contributed by atoms with E-state index < -0.39 is 11.8 Å². The predicted molar refractivity (Wildman–Crippen MR) is 59.3 cm³/mol. The van der Waals surface area contributed by atoms with Gasteiger partial charge in [0.25, 0.3) is 0 Å². The third-order valence-corrected chi connectivity index (χ3v) is 2.05. The van der Waals surface area contributed by atoms with Crippen molar-refractivity contribution < 1.29 is 14.8 Å². The van der Waals surface area contributed by atoms with Gasteiger partial charge in [-0.15, -0.1) is 6.42 Å². The standard InChI is InChI=1S/C11H18N2O3/c1-4-5-12-11(15)9(6-8(2)3)7-10(14)13-16/h1,8-9,16H,5-7H2,2-3H3,(H,12,15)(H,13,14). The number of terminal acetylenes is 1. The number of rotatable bonds is 6. The predicted octanol–water partition coefficient (Wildman–Crippen LogP) is 0.294. The Labute approximate surface area is 95.6 Å². The van der Waals surface area contributed by atoms with Crippen LogP contribution in [0.4, 0.5) is 0 Å². The van der Waals surface area contributed by atoms with Gasteiger partial charge in [-0.2, -0.15) is 0 Å². The Kier molecular flexibility index (Phi) is 6.97. The zero-order valence-electron chi connectivity index (χ0n) is 9.62. The van der Waals surface area contributed by atoms with Crippen molar-refractivity contribution in [1.82, 2.24) is 10.8 Å². The molecule has 16 heavy (non-hydrogen) atoms. The van der Waals surface area contributed by atoms with Crippen molar-refractivity contribution in [2.75, 3.05) is 6.54 Å². The fourth-order valence-electron chi connectivity index (χ4n) is 1.40. The van der Waals surface area contributed by atoms with Crippen LogP contribution in [0.5, 0.6) is 0 Å². The first kappa shape index (κ1) is 14.5. The smallest absolute Gasteiger partial charge is 0.244 e. The maximum atomic E-state index is 11.6. The van der Waals surface area contributed by atoms with E-state index in [1.165, 1.54) is 5.48 Å². The van der Waals surface area contributed by atoms with E-state index >= 15 is 0 Å². The lowest BCUT2D eigenvalue weighted by atomic mass is 9.93. The number of hydrogen-bond donors (Lipinski definition) is 3. The lowest BCUT2D eigenvalue weighted by Gasteiger charge is -2.16. The monoisotopic (exact) mass is 226 g/mol. The molecule has 0 rings (SSSR count). The Morgan fingerprint density at radius 1 is 1.44 bits per heavy atom. The summed E-state index contributed by atoms with van der Waals surface area (Å²) in [4.78, 5) is 22.6. The van der Waals surface area contributed by atoms with Gasteiger partial charge in [0.15, 0.2) is 0 Å². The number of amides is 2. The highest BCUT2D eigenvalue weighted by molar-refractivity contribution is 5.85. The van der Waals surface area contributed by atoms with E-state index in [1.807, 2.05) is 13.8 Å². The number of carbonyl (C=O) groups excluding carboxylic acids is 2. The molecule has 0 aromatic heterocycles. The van der Waals surface area contributed by atoms with Gasteiger partial charge in [-0.3, -0.25) is 14.8 Å². The Hall–Kier alpha value is -1.54. The van der Waals surface area contributed by atoms with E-state index in [-0.39, 0.29) is 24.8 Å². The molecule has 0 saturated heterocycles. The van der Waals surface area contributed by atoms with Gasteiger partial charge in [-0.25, -0.2) is 5.48 Å². The van der Waals surface area contributed by atoms with E-state index in [1.54, 1.807) is 0 Å². The molecule has 0 saturated carbocycles. The van der Waals surface area contributed by atoms with Gasteiger partial charge >= 0.3 is 0 Å². The Balaban J connectivity index is 4.35. The Morgan fingerprint density at radius 3 is 2.50 bits per heavy atom. The second-order valence-corrected chi connectivity index (χ2v) is 3.99. The topological polar surface area (TPSA) is 78.4 Å². The number of nitrogens with one attached hydrogen (secondary N) is 2. The second-order valence-electron chi connectivity index (χ2n) is 3.99. The van der Waals surface area contributed by atoms with Gasteiger partial charge in [-0.1, -0.05) is 19.8 Å². The van der Waals surface area contributed by atoms with E-state index in [9.17, 15) is 9.59 Å². The third-order valence-electron chi connectivity index (χ3n) is 2.05. The Bertz CT molecular complexity index is 281. The maximum Gasteiger partial charge on any atom is 0.244 e. The molecule has 0 aromatic carbocycles. The molecular formula is C11H18N2O3. The van der Waals surface area contributed by atoms with Crippen LogP contribution < -0.4 is 10.8 Å². The van der Waals surface area contributed by atoms with Crippen LogP contribution in [0.1, 0.15) is 26.7 Å². The molecule has 0 aliphatic rings. The highest BCUT2D eigenvalue weighted by Crippen LogP contribution is 2.15. The minimum Gasteiger partial charge on any atom is -0.345 e. The summed E-state index contributed by atoms with van der Waals surface area (Å²) in [5, 5.41) is 10.9. The fourth-order valence-corrected chi connectivity index (χ4v) is 1.40. The van der Waals surface area contributed by atoms with Crippen LogP contribution >= 0.6 is 0 Å². The first-order chi connectivity index (χ1) is 7.51. The molecule has 0 heterocycles.